The zero-order chi connectivity index (χ0) is 10.4. The number of aromatic nitrogens is 2. The fraction of sp³-hybridized carbons (Fsp3) is 0.375. The van der Waals surface area contributed by atoms with Crippen LogP contribution in [0.4, 0.5) is 5.69 Å². The molecule has 76 valence electrons. The van der Waals surface area contributed by atoms with Crippen molar-refractivity contribution < 1.29 is 4.74 Å². The van der Waals surface area contributed by atoms with Gasteiger partial charge in [-0.3, -0.25) is 4.99 Å². The molecule has 0 spiro atoms. The summed E-state index contributed by atoms with van der Waals surface area (Å²) in [6.45, 7) is 2.54. The first kappa shape index (κ1) is 10.2. The molecular formula is C8H13N5O. The molecule has 1 aromatic rings. The van der Waals surface area contributed by atoms with Crippen LogP contribution in [0.25, 0.3) is 0 Å². The van der Waals surface area contributed by atoms with Gasteiger partial charge in [-0.2, -0.15) is 0 Å². The molecule has 6 heteroatoms. The van der Waals surface area contributed by atoms with Gasteiger partial charge in [0.1, 0.15) is 0 Å². The van der Waals surface area contributed by atoms with Gasteiger partial charge >= 0.3 is 6.01 Å². The molecule has 0 fully saturated rings. The minimum atomic E-state index is 0.321. The van der Waals surface area contributed by atoms with Gasteiger partial charge in [0.25, 0.3) is 0 Å². The van der Waals surface area contributed by atoms with Crippen LogP contribution in [0.2, 0.25) is 0 Å². The number of aliphatic imine (C=N–C) groups is 1. The first-order valence-corrected chi connectivity index (χ1v) is 4.19. The second kappa shape index (κ2) is 5.00. The Morgan fingerprint density at radius 1 is 1.57 bits per heavy atom. The molecule has 6 nitrogen and oxygen atoms in total. The fourth-order valence-corrected chi connectivity index (χ4v) is 0.844. The molecule has 0 amide bonds. The van der Waals surface area contributed by atoms with E-state index in [2.05, 4.69) is 20.3 Å². The van der Waals surface area contributed by atoms with Crippen LogP contribution in [-0.2, 0) is 0 Å². The Bertz CT molecular complexity index is 308. The van der Waals surface area contributed by atoms with Crippen LogP contribution in [0.3, 0.4) is 0 Å². The lowest BCUT2D eigenvalue weighted by Gasteiger charge is -2.04. The van der Waals surface area contributed by atoms with Crippen molar-refractivity contribution in [1.82, 2.24) is 9.97 Å². The molecule has 0 aliphatic heterocycles. The highest BCUT2D eigenvalue weighted by molar-refractivity contribution is 5.91. The third kappa shape index (κ3) is 2.89. The minimum absolute atomic E-state index is 0.321. The molecule has 0 aliphatic carbocycles. The molecule has 0 radical (unpaired) electrons. The Labute approximate surface area is 82.2 Å². The first-order valence-electron chi connectivity index (χ1n) is 4.19. The first-order chi connectivity index (χ1) is 6.76. The molecule has 0 aromatic carbocycles. The Balaban J connectivity index is 2.64. The molecule has 1 rings (SSSR count). The van der Waals surface area contributed by atoms with Gasteiger partial charge in [0.05, 0.1) is 25.2 Å². The zero-order valence-electron chi connectivity index (χ0n) is 8.19. The van der Waals surface area contributed by atoms with E-state index < -0.39 is 0 Å². The van der Waals surface area contributed by atoms with Gasteiger partial charge < -0.3 is 15.8 Å². The zero-order valence-corrected chi connectivity index (χ0v) is 8.19. The maximum Gasteiger partial charge on any atom is 0.316 e. The summed E-state index contributed by atoms with van der Waals surface area (Å²) in [4.78, 5) is 11.8. The van der Waals surface area contributed by atoms with E-state index in [9.17, 15) is 0 Å². The summed E-state index contributed by atoms with van der Waals surface area (Å²) in [5.41, 5.74) is 6.22. The molecule has 3 N–H and O–H groups in total. The van der Waals surface area contributed by atoms with Crippen LogP contribution in [0.15, 0.2) is 17.4 Å². The van der Waals surface area contributed by atoms with Gasteiger partial charge in [-0.1, -0.05) is 0 Å². The Morgan fingerprint density at radius 3 is 2.71 bits per heavy atom. The number of guanidine groups is 1. The van der Waals surface area contributed by atoms with Crippen LogP contribution >= 0.6 is 0 Å². The van der Waals surface area contributed by atoms with Gasteiger partial charge in [-0.05, 0) is 6.92 Å². The van der Waals surface area contributed by atoms with Gasteiger partial charge in [-0.15, -0.1) is 0 Å². The number of nitrogens with two attached hydrogens (primary N) is 1. The van der Waals surface area contributed by atoms with Crippen LogP contribution in [0.1, 0.15) is 6.92 Å². The van der Waals surface area contributed by atoms with E-state index >= 15 is 0 Å². The Kier molecular flexibility index (Phi) is 3.66. The van der Waals surface area contributed by atoms with E-state index in [4.69, 9.17) is 10.5 Å². The highest BCUT2D eigenvalue weighted by atomic mass is 16.5. The van der Waals surface area contributed by atoms with Crippen molar-refractivity contribution in [2.24, 2.45) is 10.7 Å². The quantitative estimate of drug-likeness (QED) is 0.532. The van der Waals surface area contributed by atoms with E-state index in [-0.39, 0.29) is 0 Å². The third-order valence-electron chi connectivity index (χ3n) is 1.41. The van der Waals surface area contributed by atoms with E-state index in [1.807, 2.05) is 6.92 Å². The van der Waals surface area contributed by atoms with E-state index in [0.717, 1.165) is 0 Å². The summed E-state index contributed by atoms with van der Waals surface area (Å²) in [7, 11) is 1.51. The number of methoxy groups -OCH3 is 1. The lowest BCUT2D eigenvalue weighted by atomic mass is 10.5. The maximum absolute atomic E-state index is 5.54. The average Bonchev–Trinajstić information content (AvgIpc) is 2.19. The number of nitrogens with one attached hydrogen (secondary N) is 1. The Morgan fingerprint density at radius 2 is 2.21 bits per heavy atom. The Hall–Kier alpha value is -1.85. The SMILES string of the molecule is CCN=C(N)Nc1cnc(OC)nc1. The third-order valence-corrected chi connectivity index (χ3v) is 1.41. The summed E-state index contributed by atoms with van der Waals surface area (Å²) in [5, 5.41) is 2.84. The van der Waals surface area contributed by atoms with Crippen LogP contribution in [0, 0.1) is 0 Å². The van der Waals surface area contributed by atoms with Crippen LogP contribution < -0.4 is 15.8 Å². The lowest BCUT2D eigenvalue weighted by molar-refractivity contribution is 0.380. The molecule has 0 aliphatic rings. The van der Waals surface area contributed by atoms with Gasteiger partial charge in [-0.25, -0.2) is 9.97 Å². The topological polar surface area (TPSA) is 85.4 Å². The van der Waals surface area contributed by atoms with E-state index in [1.54, 1.807) is 12.4 Å². The van der Waals surface area contributed by atoms with Gasteiger partial charge in [0, 0.05) is 6.54 Å². The predicted molar refractivity (Wildman–Crippen MR) is 54.4 cm³/mol. The minimum Gasteiger partial charge on any atom is -0.467 e. The summed E-state index contributed by atoms with van der Waals surface area (Å²) in [6.07, 6.45) is 3.15. The molecular weight excluding hydrogens is 182 g/mol. The number of nitrogens with zero attached hydrogens (tertiary/aromatic N) is 3. The molecule has 14 heavy (non-hydrogen) atoms. The number of rotatable bonds is 3. The monoisotopic (exact) mass is 195 g/mol. The van der Waals surface area contributed by atoms with Crippen molar-refractivity contribution >= 4 is 11.6 Å². The second-order valence-electron chi connectivity index (χ2n) is 2.44. The van der Waals surface area contributed by atoms with Gasteiger partial charge in [0.2, 0.25) is 0 Å². The van der Waals surface area contributed by atoms with Crippen molar-refractivity contribution in [3.8, 4) is 6.01 Å². The van der Waals surface area contributed by atoms with Gasteiger partial charge in [0.15, 0.2) is 5.96 Å². The van der Waals surface area contributed by atoms with E-state index in [0.29, 0.717) is 24.2 Å². The second-order valence-corrected chi connectivity index (χ2v) is 2.44. The highest BCUT2D eigenvalue weighted by Gasteiger charge is 1.97. The highest BCUT2D eigenvalue weighted by Crippen LogP contribution is 2.05. The number of hydrogen-bond acceptors (Lipinski definition) is 4. The fourth-order valence-electron chi connectivity index (χ4n) is 0.844. The van der Waals surface area contributed by atoms with Crippen LogP contribution in [-0.4, -0.2) is 29.6 Å². The largest absolute Gasteiger partial charge is 0.467 e. The predicted octanol–water partition coefficient (Wildman–Crippen LogP) is 0.232. The molecule has 0 atom stereocenters. The lowest BCUT2D eigenvalue weighted by Crippen LogP contribution is -2.22. The normalized spacial score (nSPS) is 11.1. The smallest absolute Gasteiger partial charge is 0.316 e. The van der Waals surface area contributed by atoms with Crippen molar-refractivity contribution in [1.29, 1.82) is 0 Å². The van der Waals surface area contributed by atoms with Crippen LogP contribution in [0.5, 0.6) is 6.01 Å². The molecule has 0 saturated heterocycles. The molecule has 0 unspecified atom stereocenters. The summed E-state index contributed by atoms with van der Waals surface area (Å²) in [6, 6.07) is 0.321. The number of hydrogen-bond donors (Lipinski definition) is 2. The van der Waals surface area contributed by atoms with Crippen molar-refractivity contribution in [3.63, 3.8) is 0 Å². The molecule has 1 heterocycles. The maximum atomic E-state index is 5.54. The van der Waals surface area contributed by atoms with E-state index in [1.165, 1.54) is 7.11 Å². The van der Waals surface area contributed by atoms with Crippen molar-refractivity contribution in [2.45, 2.75) is 6.92 Å². The molecule has 0 bridgehead atoms. The summed E-state index contributed by atoms with van der Waals surface area (Å²) < 4.78 is 4.81. The summed E-state index contributed by atoms with van der Waals surface area (Å²) >= 11 is 0. The molecule has 0 saturated carbocycles. The number of anilines is 1. The van der Waals surface area contributed by atoms with Crippen molar-refractivity contribution in [3.05, 3.63) is 12.4 Å². The standard InChI is InChI=1S/C8H13N5O/c1-3-10-7(9)13-6-4-11-8(14-2)12-5-6/h4-5H,3H2,1-2H3,(H3,9,10,13). The molecule has 1 aromatic heterocycles. The van der Waals surface area contributed by atoms with Crippen molar-refractivity contribution in [2.75, 3.05) is 19.0 Å². The average molecular weight is 195 g/mol. The summed E-state index contributed by atoms with van der Waals surface area (Å²) in [5.74, 6) is 0.348. The number of ether oxygens (including phenoxy) is 1.